The molecule has 4 heteroatoms. The van der Waals surface area contributed by atoms with Gasteiger partial charge in [-0.25, -0.2) is 0 Å². The second-order valence-electron chi connectivity index (χ2n) is 4.10. The molecular formula is C14H23NO2S. The predicted octanol–water partition coefficient (Wildman–Crippen LogP) is 2.85. The number of ether oxygens (including phenoxy) is 2. The lowest BCUT2D eigenvalue weighted by atomic mass is 10.0. The Morgan fingerprint density at radius 1 is 1.28 bits per heavy atom. The second-order valence-corrected chi connectivity index (χ2v) is 5.35. The summed E-state index contributed by atoms with van der Waals surface area (Å²) >= 11 is 1.83. The van der Waals surface area contributed by atoms with Crippen molar-refractivity contribution in [2.24, 2.45) is 5.73 Å². The van der Waals surface area contributed by atoms with Crippen LogP contribution in [0.15, 0.2) is 24.3 Å². The molecule has 2 atom stereocenters. The first-order chi connectivity index (χ1) is 8.74. The van der Waals surface area contributed by atoms with Crippen molar-refractivity contribution in [3.8, 4) is 5.75 Å². The zero-order valence-corrected chi connectivity index (χ0v) is 12.2. The lowest BCUT2D eigenvalue weighted by molar-refractivity contribution is 0.218. The molecule has 0 amide bonds. The lowest BCUT2D eigenvalue weighted by Gasteiger charge is -2.24. The van der Waals surface area contributed by atoms with Gasteiger partial charge < -0.3 is 15.2 Å². The number of para-hydroxylation sites is 1. The van der Waals surface area contributed by atoms with E-state index in [0.29, 0.717) is 0 Å². The maximum Gasteiger partial charge on any atom is 0.123 e. The molecule has 0 bridgehead atoms. The molecule has 2 unspecified atom stereocenters. The van der Waals surface area contributed by atoms with Gasteiger partial charge in [0.1, 0.15) is 5.75 Å². The van der Waals surface area contributed by atoms with Gasteiger partial charge in [0.25, 0.3) is 0 Å². The fourth-order valence-corrected chi connectivity index (χ4v) is 3.15. The molecule has 0 fully saturated rings. The summed E-state index contributed by atoms with van der Waals surface area (Å²) in [5.74, 6) is 1.85. The summed E-state index contributed by atoms with van der Waals surface area (Å²) in [6.45, 7) is 2.86. The van der Waals surface area contributed by atoms with E-state index in [1.54, 1.807) is 14.2 Å². The largest absolute Gasteiger partial charge is 0.496 e. The summed E-state index contributed by atoms with van der Waals surface area (Å²) in [7, 11) is 3.42. The Bertz CT molecular complexity index is 346. The van der Waals surface area contributed by atoms with E-state index in [1.807, 2.05) is 30.0 Å². The quantitative estimate of drug-likeness (QED) is 0.737. The first kappa shape index (κ1) is 15.3. The molecule has 0 aromatic heterocycles. The molecule has 1 aromatic carbocycles. The van der Waals surface area contributed by atoms with Crippen molar-refractivity contribution in [1.29, 1.82) is 0 Å². The van der Waals surface area contributed by atoms with Gasteiger partial charge in [-0.1, -0.05) is 25.1 Å². The van der Waals surface area contributed by atoms with Gasteiger partial charge in [0.05, 0.1) is 13.7 Å². The third-order valence-electron chi connectivity index (χ3n) is 2.89. The molecule has 2 N–H and O–H groups in total. The summed E-state index contributed by atoms with van der Waals surface area (Å²) in [6, 6.07) is 8.23. The topological polar surface area (TPSA) is 44.5 Å². The number of nitrogens with two attached hydrogens (primary N) is 1. The van der Waals surface area contributed by atoms with Gasteiger partial charge in [-0.15, -0.1) is 11.8 Å². The van der Waals surface area contributed by atoms with E-state index in [-0.39, 0.29) is 11.3 Å². The Hall–Kier alpha value is -0.710. The van der Waals surface area contributed by atoms with Gasteiger partial charge >= 0.3 is 0 Å². The smallest absolute Gasteiger partial charge is 0.123 e. The van der Waals surface area contributed by atoms with Crippen LogP contribution in [0.4, 0.5) is 0 Å². The lowest BCUT2D eigenvalue weighted by Crippen LogP contribution is -2.26. The molecular weight excluding hydrogens is 246 g/mol. The molecule has 0 heterocycles. The molecule has 3 nitrogen and oxygen atoms in total. The van der Waals surface area contributed by atoms with Crippen molar-refractivity contribution in [3.05, 3.63) is 29.8 Å². The number of methoxy groups -OCH3 is 2. The first-order valence-corrected chi connectivity index (χ1v) is 7.28. The Kier molecular flexibility index (Phi) is 7.16. The molecule has 0 saturated carbocycles. The Balaban J connectivity index is 2.86. The molecule has 0 aliphatic rings. The van der Waals surface area contributed by atoms with E-state index in [1.165, 1.54) is 5.56 Å². The second kappa shape index (κ2) is 8.40. The van der Waals surface area contributed by atoms with Crippen LogP contribution in [0.5, 0.6) is 5.75 Å². The SMILES string of the molecule is CCC(N)C(SCCOC)c1ccccc1OC. The zero-order chi connectivity index (χ0) is 13.4. The zero-order valence-electron chi connectivity index (χ0n) is 11.4. The van der Waals surface area contributed by atoms with E-state index in [9.17, 15) is 0 Å². The minimum Gasteiger partial charge on any atom is -0.496 e. The van der Waals surface area contributed by atoms with Crippen LogP contribution in [0.1, 0.15) is 24.2 Å². The van der Waals surface area contributed by atoms with Crippen molar-refractivity contribution < 1.29 is 9.47 Å². The fraction of sp³-hybridized carbons (Fsp3) is 0.571. The monoisotopic (exact) mass is 269 g/mol. The molecule has 1 aromatic rings. The standard InChI is InChI=1S/C14H23NO2S/c1-4-12(15)14(18-10-9-16-2)11-7-5-6-8-13(11)17-3/h5-8,12,14H,4,9-10,15H2,1-3H3. The van der Waals surface area contributed by atoms with Gasteiger partial charge in [-0.3, -0.25) is 0 Å². The molecule has 0 spiro atoms. The van der Waals surface area contributed by atoms with Gasteiger partial charge in [0, 0.05) is 29.7 Å². The summed E-state index contributed by atoms with van der Waals surface area (Å²) in [4.78, 5) is 0. The number of hydrogen-bond donors (Lipinski definition) is 1. The molecule has 1 rings (SSSR count). The van der Waals surface area contributed by atoms with Gasteiger partial charge in [-0.05, 0) is 12.5 Å². The van der Waals surface area contributed by atoms with Gasteiger partial charge in [0.15, 0.2) is 0 Å². The normalized spacial score (nSPS) is 14.2. The number of benzene rings is 1. The number of rotatable bonds is 8. The van der Waals surface area contributed by atoms with Crippen molar-refractivity contribution in [3.63, 3.8) is 0 Å². The van der Waals surface area contributed by atoms with Crippen LogP contribution in [0.3, 0.4) is 0 Å². The van der Waals surface area contributed by atoms with Crippen LogP contribution in [0, 0.1) is 0 Å². The highest BCUT2D eigenvalue weighted by Gasteiger charge is 2.21. The average Bonchev–Trinajstić information content (AvgIpc) is 2.43. The van der Waals surface area contributed by atoms with Crippen LogP contribution in [-0.4, -0.2) is 32.6 Å². The predicted molar refractivity (Wildman–Crippen MR) is 78.3 cm³/mol. The average molecular weight is 269 g/mol. The molecule has 0 radical (unpaired) electrons. The molecule has 0 aliphatic heterocycles. The Morgan fingerprint density at radius 2 is 2.00 bits per heavy atom. The van der Waals surface area contributed by atoms with Gasteiger partial charge in [0.2, 0.25) is 0 Å². The molecule has 18 heavy (non-hydrogen) atoms. The van der Waals surface area contributed by atoms with E-state index >= 15 is 0 Å². The highest BCUT2D eigenvalue weighted by atomic mass is 32.2. The highest BCUT2D eigenvalue weighted by Crippen LogP contribution is 2.37. The maximum atomic E-state index is 6.24. The number of thioether (sulfide) groups is 1. The van der Waals surface area contributed by atoms with E-state index in [2.05, 4.69) is 13.0 Å². The summed E-state index contributed by atoms with van der Waals surface area (Å²) in [5.41, 5.74) is 7.41. The van der Waals surface area contributed by atoms with Crippen LogP contribution in [0.25, 0.3) is 0 Å². The minimum atomic E-state index is 0.128. The summed E-state index contributed by atoms with van der Waals surface area (Å²) < 4.78 is 10.5. The van der Waals surface area contributed by atoms with E-state index < -0.39 is 0 Å². The summed E-state index contributed by atoms with van der Waals surface area (Å²) in [6.07, 6.45) is 0.947. The minimum absolute atomic E-state index is 0.128. The molecule has 102 valence electrons. The van der Waals surface area contributed by atoms with Crippen molar-refractivity contribution in [1.82, 2.24) is 0 Å². The molecule has 0 aliphatic carbocycles. The Morgan fingerprint density at radius 3 is 2.61 bits per heavy atom. The van der Waals surface area contributed by atoms with E-state index in [4.69, 9.17) is 15.2 Å². The van der Waals surface area contributed by atoms with Crippen LogP contribution in [-0.2, 0) is 4.74 Å². The third kappa shape index (κ3) is 4.19. The van der Waals surface area contributed by atoms with E-state index in [0.717, 1.165) is 24.5 Å². The van der Waals surface area contributed by atoms with Gasteiger partial charge in [-0.2, -0.15) is 0 Å². The number of hydrogen-bond acceptors (Lipinski definition) is 4. The maximum absolute atomic E-state index is 6.24. The highest BCUT2D eigenvalue weighted by molar-refractivity contribution is 7.99. The van der Waals surface area contributed by atoms with Crippen LogP contribution >= 0.6 is 11.8 Å². The molecule has 0 saturated heterocycles. The third-order valence-corrected chi connectivity index (χ3v) is 4.26. The van der Waals surface area contributed by atoms with Crippen molar-refractivity contribution in [2.75, 3.05) is 26.6 Å². The van der Waals surface area contributed by atoms with Crippen molar-refractivity contribution >= 4 is 11.8 Å². The first-order valence-electron chi connectivity index (χ1n) is 6.23. The Labute approximate surface area is 114 Å². The van der Waals surface area contributed by atoms with Crippen molar-refractivity contribution in [2.45, 2.75) is 24.6 Å². The summed E-state index contributed by atoms with van der Waals surface area (Å²) in [5, 5.41) is 0.251. The van der Waals surface area contributed by atoms with Crippen LogP contribution < -0.4 is 10.5 Å². The fourth-order valence-electron chi connectivity index (χ4n) is 1.82. The van der Waals surface area contributed by atoms with Crippen LogP contribution in [0.2, 0.25) is 0 Å².